The molecule has 4 nitrogen and oxygen atoms in total. The van der Waals surface area contributed by atoms with Gasteiger partial charge in [0.2, 0.25) is 5.91 Å². The minimum absolute atomic E-state index is 0.0182. The number of rotatable bonds is 6. The average molecular weight is 280 g/mol. The van der Waals surface area contributed by atoms with Crippen molar-refractivity contribution in [3.8, 4) is 0 Å². The molecule has 2 rings (SSSR count). The zero-order chi connectivity index (χ0) is 13.3. The Morgan fingerprint density at radius 2 is 2.32 bits per heavy atom. The fourth-order valence-corrected chi connectivity index (χ4v) is 2.56. The number of hydrogen-bond donors (Lipinski definition) is 1. The summed E-state index contributed by atoms with van der Waals surface area (Å²) in [5.74, 6) is -0.0182. The summed E-state index contributed by atoms with van der Waals surface area (Å²) in [7, 11) is 0. The Morgan fingerprint density at radius 1 is 1.47 bits per heavy atom. The van der Waals surface area contributed by atoms with Crippen molar-refractivity contribution in [2.24, 2.45) is 0 Å². The van der Waals surface area contributed by atoms with Gasteiger partial charge in [0.25, 0.3) is 0 Å². The Labute approximate surface area is 118 Å². The molecule has 0 unspecified atom stereocenters. The molecule has 1 N–H and O–H groups in total. The summed E-state index contributed by atoms with van der Waals surface area (Å²) >= 11 is 1.63. The summed E-state index contributed by atoms with van der Waals surface area (Å²) in [5, 5.41) is 4.91. The van der Waals surface area contributed by atoms with Crippen LogP contribution in [0.5, 0.6) is 0 Å². The van der Waals surface area contributed by atoms with Gasteiger partial charge in [0.1, 0.15) is 0 Å². The Hall–Kier alpha value is -1.17. The van der Waals surface area contributed by atoms with E-state index in [9.17, 15) is 4.79 Å². The van der Waals surface area contributed by atoms with Gasteiger partial charge in [-0.05, 0) is 30.5 Å². The third-order valence-electron chi connectivity index (χ3n) is 3.00. The molecule has 0 aromatic carbocycles. The molecular weight excluding hydrogens is 260 g/mol. The van der Waals surface area contributed by atoms with Crippen molar-refractivity contribution in [1.29, 1.82) is 0 Å². The highest BCUT2D eigenvalue weighted by atomic mass is 32.1. The van der Waals surface area contributed by atoms with E-state index in [0.717, 1.165) is 50.7 Å². The molecule has 1 aliphatic heterocycles. The van der Waals surface area contributed by atoms with Gasteiger partial charge in [-0.15, -0.1) is 11.3 Å². The maximum absolute atomic E-state index is 11.6. The summed E-state index contributed by atoms with van der Waals surface area (Å²) < 4.78 is 5.29. The number of carbonyl (C=O) groups excluding carboxylic acids is 1. The van der Waals surface area contributed by atoms with Crippen LogP contribution < -0.4 is 5.32 Å². The van der Waals surface area contributed by atoms with Crippen LogP contribution >= 0.6 is 11.3 Å². The van der Waals surface area contributed by atoms with Crippen molar-refractivity contribution in [1.82, 2.24) is 10.2 Å². The molecule has 0 bridgehead atoms. The van der Waals surface area contributed by atoms with E-state index in [-0.39, 0.29) is 5.91 Å². The first kappa shape index (κ1) is 14.2. The van der Waals surface area contributed by atoms with Crippen molar-refractivity contribution in [2.75, 3.05) is 39.4 Å². The number of nitrogens with zero attached hydrogens (tertiary/aromatic N) is 1. The maximum atomic E-state index is 11.6. The van der Waals surface area contributed by atoms with Crippen LogP contribution in [0.4, 0.5) is 0 Å². The Kier molecular flexibility index (Phi) is 6.07. The molecule has 0 aliphatic carbocycles. The molecule has 0 spiro atoms. The van der Waals surface area contributed by atoms with Crippen LogP contribution in [-0.4, -0.2) is 50.2 Å². The van der Waals surface area contributed by atoms with Crippen molar-refractivity contribution >= 4 is 23.3 Å². The molecule has 19 heavy (non-hydrogen) atoms. The average Bonchev–Trinajstić information content (AvgIpc) is 2.96. The van der Waals surface area contributed by atoms with Crippen LogP contribution in [0.2, 0.25) is 0 Å². The lowest BCUT2D eigenvalue weighted by molar-refractivity contribution is -0.116. The summed E-state index contributed by atoms with van der Waals surface area (Å²) in [6, 6.07) is 3.97. The number of ether oxygens (including phenoxy) is 1. The molecule has 0 saturated carbocycles. The predicted molar refractivity (Wildman–Crippen MR) is 78.2 cm³/mol. The van der Waals surface area contributed by atoms with Gasteiger partial charge >= 0.3 is 0 Å². The highest BCUT2D eigenvalue weighted by molar-refractivity contribution is 7.10. The van der Waals surface area contributed by atoms with Crippen LogP contribution in [0, 0.1) is 0 Å². The molecular formula is C14H20N2O2S. The second-order valence-electron chi connectivity index (χ2n) is 4.45. The second-order valence-corrected chi connectivity index (χ2v) is 5.43. The SMILES string of the molecule is O=C(C=Cc1cccs1)NCCCN1CCOCC1. The third-order valence-corrected chi connectivity index (χ3v) is 3.83. The topological polar surface area (TPSA) is 41.6 Å². The van der Waals surface area contributed by atoms with E-state index in [1.54, 1.807) is 17.4 Å². The van der Waals surface area contributed by atoms with Crippen molar-refractivity contribution in [2.45, 2.75) is 6.42 Å². The lowest BCUT2D eigenvalue weighted by Crippen LogP contribution is -2.38. The summed E-state index contributed by atoms with van der Waals surface area (Å²) in [4.78, 5) is 15.0. The van der Waals surface area contributed by atoms with Gasteiger partial charge in [-0.3, -0.25) is 9.69 Å². The van der Waals surface area contributed by atoms with Crippen LogP contribution in [0.3, 0.4) is 0 Å². The predicted octanol–water partition coefficient (Wildman–Crippen LogP) is 1.60. The molecule has 0 atom stereocenters. The van der Waals surface area contributed by atoms with Crippen molar-refractivity contribution < 1.29 is 9.53 Å². The summed E-state index contributed by atoms with van der Waals surface area (Å²) in [5.41, 5.74) is 0. The standard InChI is InChI=1S/C14H20N2O2S/c17-14(5-4-13-3-1-12-19-13)15-6-2-7-16-8-10-18-11-9-16/h1,3-5,12H,2,6-11H2,(H,15,17). The van der Waals surface area contributed by atoms with Gasteiger partial charge in [0.15, 0.2) is 0 Å². The van der Waals surface area contributed by atoms with Gasteiger partial charge in [-0.25, -0.2) is 0 Å². The summed E-state index contributed by atoms with van der Waals surface area (Å²) in [6.45, 7) is 5.42. The molecule has 2 heterocycles. The van der Waals surface area contributed by atoms with E-state index in [2.05, 4.69) is 10.2 Å². The van der Waals surface area contributed by atoms with E-state index in [0.29, 0.717) is 0 Å². The highest BCUT2D eigenvalue weighted by Crippen LogP contribution is 2.09. The molecule has 1 amide bonds. The number of hydrogen-bond acceptors (Lipinski definition) is 4. The fourth-order valence-electron chi connectivity index (χ4n) is 1.94. The minimum atomic E-state index is -0.0182. The van der Waals surface area contributed by atoms with Gasteiger partial charge in [-0.2, -0.15) is 0 Å². The second kappa shape index (κ2) is 8.09. The maximum Gasteiger partial charge on any atom is 0.244 e. The number of morpholine rings is 1. The fraction of sp³-hybridized carbons (Fsp3) is 0.500. The lowest BCUT2D eigenvalue weighted by atomic mass is 10.3. The van der Waals surface area contributed by atoms with Crippen LogP contribution in [0.1, 0.15) is 11.3 Å². The van der Waals surface area contributed by atoms with E-state index >= 15 is 0 Å². The van der Waals surface area contributed by atoms with E-state index in [4.69, 9.17) is 4.74 Å². The smallest absolute Gasteiger partial charge is 0.244 e. The molecule has 104 valence electrons. The van der Waals surface area contributed by atoms with Gasteiger partial charge < -0.3 is 10.1 Å². The lowest BCUT2D eigenvalue weighted by Gasteiger charge is -2.26. The number of nitrogens with one attached hydrogen (secondary N) is 1. The number of amides is 1. The number of thiophene rings is 1. The monoisotopic (exact) mass is 280 g/mol. The van der Waals surface area contributed by atoms with Gasteiger partial charge in [0.05, 0.1) is 13.2 Å². The van der Waals surface area contributed by atoms with Crippen LogP contribution in [0.15, 0.2) is 23.6 Å². The van der Waals surface area contributed by atoms with Crippen LogP contribution in [0.25, 0.3) is 6.08 Å². The summed E-state index contributed by atoms with van der Waals surface area (Å²) in [6.07, 6.45) is 4.43. The Morgan fingerprint density at radius 3 is 3.05 bits per heavy atom. The molecule has 1 fully saturated rings. The zero-order valence-electron chi connectivity index (χ0n) is 11.0. The molecule has 1 aliphatic rings. The molecule has 1 aromatic rings. The third kappa shape index (κ3) is 5.55. The molecule has 5 heteroatoms. The van der Waals surface area contributed by atoms with Crippen molar-refractivity contribution in [3.05, 3.63) is 28.5 Å². The van der Waals surface area contributed by atoms with Gasteiger partial charge in [0, 0.05) is 30.6 Å². The largest absolute Gasteiger partial charge is 0.379 e. The first-order chi connectivity index (χ1) is 9.34. The van der Waals surface area contributed by atoms with Crippen molar-refractivity contribution in [3.63, 3.8) is 0 Å². The normalized spacial score (nSPS) is 16.8. The molecule has 1 aromatic heterocycles. The molecule has 0 radical (unpaired) electrons. The highest BCUT2D eigenvalue weighted by Gasteiger charge is 2.09. The van der Waals surface area contributed by atoms with Gasteiger partial charge in [-0.1, -0.05) is 6.07 Å². The van der Waals surface area contributed by atoms with E-state index < -0.39 is 0 Å². The van der Waals surface area contributed by atoms with E-state index in [1.807, 2.05) is 23.6 Å². The zero-order valence-corrected chi connectivity index (χ0v) is 11.8. The minimum Gasteiger partial charge on any atom is -0.379 e. The first-order valence-electron chi connectivity index (χ1n) is 6.64. The Bertz CT molecular complexity index is 398. The number of carbonyl (C=O) groups is 1. The Balaban J connectivity index is 1.56. The quantitative estimate of drug-likeness (QED) is 0.636. The first-order valence-corrected chi connectivity index (χ1v) is 7.52. The van der Waals surface area contributed by atoms with E-state index in [1.165, 1.54) is 0 Å². The van der Waals surface area contributed by atoms with Crippen LogP contribution in [-0.2, 0) is 9.53 Å². The molecule has 1 saturated heterocycles.